The summed E-state index contributed by atoms with van der Waals surface area (Å²) in [4.78, 5) is 6.19. The number of isothiocyanates is 1. The number of hydrogen-bond donors (Lipinski definition) is 0. The molecule has 0 aromatic carbocycles. The van der Waals surface area contributed by atoms with Crippen LogP contribution >= 0.6 is 12.2 Å². The molecule has 0 radical (unpaired) electrons. The van der Waals surface area contributed by atoms with Gasteiger partial charge in [0, 0.05) is 12.6 Å². The van der Waals surface area contributed by atoms with Crippen molar-refractivity contribution in [2.45, 2.75) is 32.7 Å². The number of hydrogen-bond acceptors (Lipinski definition) is 3. The third-order valence-electron chi connectivity index (χ3n) is 1.98. The smallest absolute Gasteiger partial charge is 0.0584 e. The molecule has 0 N–H and O–H groups in total. The van der Waals surface area contributed by atoms with E-state index in [0.29, 0.717) is 6.04 Å². The number of thiocarbonyl (C=S) groups is 1. The molecule has 0 unspecified atom stereocenters. The van der Waals surface area contributed by atoms with Gasteiger partial charge >= 0.3 is 0 Å². The Morgan fingerprint density at radius 2 is 2.08 bits per heavy atom. The summed E-state index contributed by atoms with van der Waals surface area (Å²) in [5.74, 6) is 0. The second-order valence-electron chi connectivity index (χ2n) is 3.25. The van der Waals surface area contributed by atoms with Gasteiger partial charge in [0.25, 0.3) is 0 Å². The van der Waals surface area contributed by atoms with Gasteiger partial charge in [-0.25, -0.2) is 4.99 Å². The lowest BCUT2D eigenvalue weighted by atomic mass is 10.2. The Morgan fingerprint density at radius 1 is 1.42 bits per heavy atom. The van der Waals surface area contributed by atoms with Crippen molar-refractivity contribution in [1.29, 1.82) is 0 Å². The average molecular weight is 186 g/mol. The summed E-state index contributed by atoms with van der Waals surface area (Å²) in [5.41, 5.74) is 0. The van der Waals surface area contributed by atoms with Crippen LogP contribution in [0.3, 0.4) is 0 Å². The van der Waals surface area contributed by atoms with E-state index in [1.54, 1.807) is 0 Å². The van der Waals surface area contributed by atoms with Gasteiger partial charge < -0.3 is 4.90 Å². The molecule has 0 aliphatic heterocycles. The fourth-order valence-electron chi connectivity index (χ4n) is 0.856. The molecule has 12 heavy (non-hydrogen) atoms. The first-order valence-electron chi connectivity index (χ1n) is 4.42. The molecule has 0 fully saturated rings. The Balaban J connectivity index is 3.25. The molecule has 0 atom stereocenters. The summed E-state index contributed by atoms with van der Waals surface area (Å²) >= 11 is 4.47. The highest BCUT2D eigenvalue weighted by atomic mass is 32.1. The predicted octanol–water partition coefficient (Wildman–Crippen LogP) is 2.21. The largest absolute Gasteiger partial charge is 0.304 e. The molecule has 0 amide bonds. The quantitative estimate of drug-likeness (QED) is 0.359. The van der Waals surface area contributed by atoms with Gasteiger partial charge in [0.1, 0.15) is 0 Å². The van der Waals surface area contributed by atoms with Gasteiger partial charge in [-0.3, -0.25) is 0 Å². The molecule has 3 heteroatoms. The summed E-state index contributed by atoms with van der Waals surface area (Å²) in [6.07, 6.45) is 2.30. The number of aliphatic imine (C=N–C) groups is 1. The molecular weight excluding hydrogens is 168 g/mol. The van der Waals surface area contributed by atoms with Crippen molar-refractivity contribution in [2.75, 3.05) is 20.1 Å². The van der Waals surface area contributed by atoms with Crippen LogP contribution in [-0.4, -0.2) is 36.2 Å². The van der Waals surface area contributed by atoms with Crippen LogP contribution in [0.5, 0.6) is 0 Å². The van der Waals surface area contributed by atoms with E-state index in [1.807, 2.05) is 0 Å². The zero-order chi connectivity index (χ0) is 9.40. The van der Waals surface area contributed by atoms with Crippen LogP contribution in [0.4, 0.5) is 0 Å². The average Bonchev–Trinajstić information content (AvgIpc) is 2.03. The number of nitrogens with zero attached hydrogens (tertiary/aromatic N) is 2. The van der Waals surface area contributed by atoms with Crippen LogP contribution in [0.15, 0.2) is 4.99 Å². The summed E-state index contributed by atoms with van der Waals surface area (Å²) in [5, 5.41) is 2.37. The second kappa shape index (κ2) is 7.41. The number of unbranched alkanes of at least 4 members (excludes halogenated alkanes) is 1. The van der Waals surface area contributed by atoms with Gasteiger partial charge in [0.05, 0.1) is 5.16 Å². The zero-order valence-electron chi connectivity index (χ0n) is 8.21. The summed E-state index contributed by atoms with van der Waals surface area (Å²) < 4.78 is 0. The van der Waals surface area contributed by atoms with E-state index < -0.39 is 0 Å². The van der Waals surface area contributed by atoms with Crippen molar-refractivity contribution >= 4 is 17.4 Å². The van der Waals surface area contributed by atoms with Gasteiger partial charge in [0.2, 0.25) is 0 Å². The Kier molecular flexibility index (Phi) is 7.26. The number of rotatable bonds is 6. The van der Waals surface area contributed by atoms with Crippen LogP contribution < -0.4 is 0 Å². The van der Waals surface area contributed by atoms with Crippen LogP contribution in [0.1, 0.15) is 26.7 Å². The zero-order valence-corrected chi connectivity index (χ0v) is 9.02. The lowest BCUT2D eigenvalue weighted by molar-refractivity contribution is 0.269. The SMILES string of the molecule is CC(C)N(C)CCCCN=C=S. The molecule has 0 aliphatic rings. The maximum absolute atomic E-state index is 4.47. The van der Waals surface area contributed by atoms with E-state index in [9.17, 15) is 0 Å². The predicted molar refractivity (Wildman–Crippen MR) is 56.9 cm³/mol. The van der Waals surface area contributed by atoms with Crippen LogP contribution in [0.2, 0.25) is 0 Å². The normalized spacial score (nSPS) is 10.4. The molecule has 2 nitrogen and oxygen atoms in total. The third-order valence-corrected chi connectivity index (χ3v) is 2.11. The summed E-state index contributed by atoms with van der Waals surface area (Å²) in [6, 6.07) is 0.638. The Morgan fingerprint density at radius 3 is 2.58 bits per heavy atom. The molecule has 0 rings (SSSR count). The second-order valence-corrected chi connectivity index (χ2v) is 3.44. The molecule has 0 bridgehead atoms. The van der Waals surface area contributed by atoms with Gasteiger partial charge in [-0.15, -0.1) is 0 Å². The van der Waals surface area contributed by atoms with E-state index in [0.717, 1.165) is 19.5 Å². The van der Waals surface area contributed by atoms with Crippen molar-refractivity contribution in [2.24, 2.45) is 4.99 Å². The minimum absolute atomic E-state index is 0.638. The van der Waals surface area contributed by atoms with Gasteiger partial charge in [-0.05, 0) is 52.5 Å². The first-order valence-corrected chi connectivity index (χ1v) is 4.83. The molecule has 0 saturated carbocycles. The highest BCUT2D eigenvalue weighted by molar-refractivity contribution is 7.78. The topological polar surface area (TPSA) is 15.6 Å². The fraction of sp³-hybridized carbons (Fsp3) is 0.889. The van der Waals surface area contributed by atoms with Crippen LogP contribution in [0, 0.1) is 0 Å². The molecule has 0 aromatic rings. The van der Waals surface area contributed by atoms with Gasteiger partial charge in [0.15, 0.2) is 0 Å². The Hall–Kier alpha value is -0.240. The van der Waals surface area contributed by atoms with E-state index in [2.05, 4.69) is 48.2 Å². The van der Waals surface area contributed by atoms with Gasteiger partial charge in [-0.2, -0.15) is 0 Å². The Labute approximate surface area is 80.7 Å². The van der Waals surface area contributed by atoms with Crippen molar-refractivity contribution in [3.8, 4) is 0 Å². The molecule has 70 valence electrons. The van der Waals surface area contributed by atoms with E-state index >= 15 is 0 Å². The van der Waals surface area contributed by atoms with Crippen LogP contribution in [0.25, 0.3) is 0 Å². The van der Waals surface area contributed by atoms with Crippen molar-refractivity contribution < 1.29 is 0 Å². The lowest BCUT2D eigenvalue weighted by Crippen LogP contribution is -2.27. The molecule has 0 spiro atoms. The third kappa shape index (κ3) is 6.47. The molecular formula is C9H18N2S. The Bertz CT molecular complexity index is 151. The highest BCUT2D eigenvalue weighted by Crippen LogP contribution is 1.97. The molecule has 0 aromatic heterocycles. The minimum atomic E-state index is 0.638. The first kappa shape index (κ1) is 11.8. The molecule has 0 saturated heterocycles. The molecule has 0 aliphatic carbocycles. The van der Waals surface area contributed by atoms with E-state index in [-0.39, 0.29) is 0 Å². The summed E-state index contributed by atoms with van der Waals surface area (Å²) in [7, 11) is 2.15. The van der Waals surface area contributed by atoms with E-state index in [1.165, 1.54) is 6.42 Å². The highest BCUT2D eigenvalue weighted by Gasteiger charge is 2.00. The van der Waals surface area contributed by atoms with Crippen molar-refractivity contribution in [3.63, 3.8) is 0 Å². The van der Waals surface area contributed by atoms with E-state index in [4.69, 9.17) is 0 Å². The van der Waals surface area contributed by atoms with Crippen LogP contribution in [-0.2, 0) is 0 Å². The first-order chi connectivity index (χ1) is 5.68. The van der Waals surface area contributed by atoms with Crippen molar-refractivity contribution in [1.82, 2.24) is 4.90 Å². The maximum atomic E-state index is 4.47. The monoisotopic (exact) mass is 186 g/mol. The van der Waals surface area contributed by atoms with Gasteiger partial charge in [-0.1, -0.05) is 0 Å². The maximum Gasteiger partial charge on any atom is 0.0584 e. The lowest BCUT2D eigenvalue weighted by Gasteiger charge is -2.20. The fourth-order valence-corrected chi connectivity index (χ4v) is 0.947. The molecule has 0 heterocycles. The summed E-state index contributed by atoms with van der Waals surface area (Å²) in [6.45, 7) is 6.38. The van der Waals surface area contributed by atoms with Crippen molar-refractivity contribution in [3.05, 3.63) is 0 Å². The minimum Gasteiger partial charge on any atom is -0.304 e. The standard InChI is InChI=1S/C9H18N2S/c1-9(2)11(3)7-5-4-6-10-8-12/h9H,4-7H2,1-3H3.